The third-order valence-electron chi connectivity index (χ3n) is 5.25. The van der Waals surface area contributed by atoms with Crippen LogP contribution in [-0.2, 0) is 4.79 Å². The van der Waals surface area contributed by atoms with Gasteiger partial charge in [-0.2, -0.15) is 0 Å². The topological polar surface area (TPSA) is 61.8 Å². The minimum absolute atomic E-state index is 0.122. The lowest BCUT2D eigenvalue weighted by Gasteiger charge is -2.21. The average Bonchev–Trinajstić information content (AvgIpc) is 3.25. The van der Waals surface area contributed by atoms with Crippen LogP contribution in [0.1, 0.15) is 51.4 Å². The Bertz CT molecular complexity index is 547. The molecule has 0 spiro atoms. The molecule has 1 heterocycles. The first kappa shape index (κ1) is 18.2. The minimum atomic E-state index is -0.803. The summed E-state index contributed by atoms with van der Waals surface area (Å²) >= 11 is 0. The van der Waals surface area contributed by atoms with Gasteiger partial charge < -0.3 is 20.1 Å². The largest absolute Gasteiger partial charge is 0.494 e. The predicted molar refractivity (Wildman–Crippen MR) is 98.9 cm³/mol. The van der Waals surface area contributed by atoms with Crippen molar-refractivity contribution in [1.29, 1.82) is 0 Å². The number of amides is 1. The Morgan fingerprint density at radius 3 is 2.48 bits per heavy atom. The number of carbonyl (C=O) groups is 1. The monoisotopic (exact) mass is 346 g/mol. The number of carbonyl (C=O) groups excluding carboxylic acids is 1. The number of ether oxygens (including phenoxy) is 1. The lowest BCUT2D eigenvalue weighted by atomic mass is 9.97. The van der Waals surface area contributed by atoms with Gasteiger partial charge >= 0.3 is 0 Å². The van der Waals surface area contributed by atoms with Gasteiger partial charge in [0.1, 0.15) is 5.75 Å². The third kappa shape index (κ3) is 5.72. The van der Waals surface area contributed by atoms with Crippen LogP contribution in [0, 0.1) is 0 Å². The lowest BCUT2D eigenvalue weighted by molar-refractivity contribution is -0.120. The van der Waals surface area contributed by atoms with Crippen molar-refractivity contribution in [3.05, 3.63) is 24.3 Å². The highest BCUT2D eigenvalue weighted by Gasteiger charge is 2.33. The van der Waals surface area contributed by atoms with Crippen LogP contribution in [0.3, 0.4) is 0 Å². The molecule has 1 saturated carbocycles. The summed E-state index contributed by atoms with van der Waals surface area (Å²) in [5, 5.41) is 13.2. The van der Waals surface area contributed by atoms with Crippen molar-refractivity contribution in [2.24, 2.45) is 0 Å². The SMILES string of the molecule is O=C(CC1(O)CCCC1)Nc1ccc(OCCCN2CCCC2)cc1. The molecular weight excluding hydrogens is 316 g/mol. The molecule has 25 heavy (non-hydrogen) atoms. The summed E-state index contributed by atoms with van der Waals surface area (Å²) in [4.78, 5) is 14.6. The summed E-state index contributed by atoms with van der Waals surface area (Å²) < 4.78 is 5.77. The smallest absolute Gasteiger partial charge is 0.227 e. The van der Waals surface area contributed by atoms with Gasteiger partial charge in [-0.3, -0.25) is 4.79 Å². The number of hydrogen-bond donors (Lipinski definition) is 2. The first-order valence-electron chi connectivity index (χ1n) is 9.60. The van der Waals surface area contributed by atoms with Gasteiger partial charge in [-0.25, -0.2) is 0 Å². The van der Waals surface area contributed by atoms with Crippen LogP contribution < -0.4 is 10.1 Å². The normalized spacial score (nSPS) is 19.9. The quantitative estimate of drug-likeness (QED) is 0.710. The molecule has 0 radical (unpaired) electrons. The lowest BCUT2D eigenvalue weighted by Crippen LogP contribution is -2.30. The van der Waals surface area contributed by atoms with Gasteiger partial charge in [0.2, 0.25) is 5.91 Å². The fourth-order valence-electron chi connectivity index (χ4n) is 3.83. The maximum Gasteiger partial charge on any atom is 0.227 e. The Balaban J connectivity index is 1.37. The zero-order valence-electron chi connectivity index (χ0n) is 15.0. The van der Waals surface area contributed by atoms with Crippen LogP contribution in [0.25, 0.3) is 0 Å². The fraction of sp³-hybridized carbons (Fsp3) is 0.650. The fourth-order valence-corrected chi connectivity index (χ4v) is 3.83. The molecule has 1 aromatic rings. The van der Waals surface area contributed by atoms with E-state index in [-0.39, 0.29) is 12.3 Å². The summed E-state index contributed by atoms with van der Waals surface area (Å²) in [7, 11) is 0. The molecule has 0 atom stereocenters. The molecule has 0 bridgehead atoms. The maximum atomic E-state index is 12.1. The van der Waals surface area contributed by atoms with E-state index in [4.69, 9.17) is 4.74 Å². The van der Waals surface area contributed by atoms with Crippen LogP contribution in [0.2, 0.25) is 0 Å². The number of hydrogen-bond acceptors (Lipinski definition) is 4. The van der Waals surface area contributed by atoms with Crippen LogP contribution >= 0.6 is 0 Å². The Labute approximate surface area is 150 Å². The number of nitrogens with one attached hydrogen (secondary N) is 1. The highest BCUT2D eigenvalue weighted by molar-refractivity contribution is 5.91. The Hall–Kier alpha value is -1.59. The summed E-state index contributed by atoms with van der Waals surface area (Å²) in [6.45, 7) is 4.28. The van der Waals surface area contributed by atoms with E-state index in [2.05, 4.69) is 10.2 Å². The molecule has 5 heteroatoms. The highest BCUT2D eigenvalue weighted by Crippen LogP contribution is 2.32. The molecule has 1 aliphatic carbocycles. The first-order valence-corrected chi connectivity index (χ1v) is 9.60. The van der Waals surface area contributed by atoms with E-state index < -0.39 is 5.60 Å². The van der Waals surface area contributed by atoms with Crippen LogP contribution in [0.15, 0.2) is 24.3 Å². The maximum absolute atomic E-state index is 12.1. The van der Waals surface area contributed by atoms with E-state index >= 15 is 0 Å². The predicted octanol–water partition coefficient (Wildman–Crippen LogP) is 3.19. The zero-order valence-corrected chi connectivity index (χ0v) is 15.0. The molecule has 1 aromatic carbocycles. The van der Waals surface area contributed by atoms with Crippen molar-refractivity contribution >= 4 is 11.6 Å². The van der Waals surface area contributed by atoms with E-state index in [1.54, 1.807) is 0 Å². The van der Waals surface area contributed by atoms with Crippen molar-refractivity contribution in [2.75, 3.05) is 31.6 Å². The molecule has 1 aliphatic heterocycles. The van der Waals surface area contributed by atoms with Crippen LogP contribution in [-0.4, -0.2) is 47.8 Å². The number of aliphatic hydroxyl groups is 1. The third-order valence-corrected chi connectivity index (χ3v) is 5.25. The van der Waals surface area contributed by atoms with Crippen LogP contribution in [0.5, 0.6) is 5.75 Å². The van der Waals surface area contributed by atoms with Gasteiger partial charge in [-0.1, -0.05) is 12.8 Å². The molecule has 1 saturated heterocycles. The summed E-state index contributed by atoms with van der Waals surface area (Å²) in [5.74, 6) is 0.706. The average molecular weight is 346 g/mol. The second-order valence-electron chi connectivity index (χ2n) is 7.43. The highest BCUT2D eigenvalue weighted by atomic mass is 16.5. The van der Waals surface area contributed by atoms with Crippen molar-refractivity contribution in [3.63, 3.8) is 0 Å². The first-order chi connectivity index (χ1) is 12.1. The van der Waals surface area contributed by atoms with Crippen molar-refractivity contribution in [2.45, 2.75) is 57.0 Å². The number of nitrogens with zero attached hydrogens (tertiary/aromatic N) is 1. The van der Waals surface area contributed by atoms with E-state index in [1.165, 1.54) is 25.9 Å². The summed E-state index contributed by atoms with van der Waals surface area (Å²) in [6.07, 6.45) is 7.34. The standard InChI is InChI=1S/C20H30N2O3/c23-19(16-20(24)10-1-2-11-20)21-17-6-8-18(9-7-17)25-15-5-14-22-12-3-4-13-22/h6-9,24H,1-5,10-16H2,(H,21,23). The Morgan fingerprint density at radius 2 is 1.80 bits per heavy atom. The van der Waals surface area contributed by atoms with Crippen molar-refractivity contribution in [3.8, 4) is 5.75 Å². The molecule has 138 valence electrons. The summed E-state index contributed by atoms with van der Waals surface area (Å²) in [5.41, 5.74) is -0.0568. The summed E-state index contributed by atoms with van der Waals surface area (Å²) in [6, 6.07) is 7.48. The molecule has 2 N–H and O–H groups in total. The Kier molecular flexibility index (Phi) is 6.32. The number of anilines is 1. The molecule has 3 rings (SSSR count). The molecule has 0 unspecified atom stereocenters. The van der Waals surface area contributed by atoms with Crippen molar-refractivity contribution < 1.29 is 14.6 Å². The minimum Gasteiger partial charge on any atom is -0.494 e. The van der Waals surface area contributed by atoms with Gasteiger partial charge in [-0.05, 0) is 69.5 Å². The second kappa shape index (κ2) is 8.68. The van der Waals surface area contributed by atoms with Crippen molar-refractivity contribution in [1.82, 2.24) is 4.90 Å². The number of likely N-dealkylation sites (tertiary alicyclic amines) is 1. The van der Waals surface area contributed by atoms with E-state index in [9.17, 15) is 9.90 Å². The molecule has 2 fully saturated rings. The Morgan fingerprint density at radius 1 is 1.12 bits per heavy atom. The van der Waals surface area contributed by atoms with Gasteiger partial charge in [0.15, 0.2) is 0 Å². The van der Waals surface area contributed by atoms with Crippen LogP contribution in [0.4, 0.5) is 5.69 Å². The second-order valence-corrected chi connectivity index (χ2v) is 7.43. The van der Waals surface area contributed by atoms with E-state index in [0.717, 1.165) is 56.7 Å². The molecular formula is C20H30N2O3. The number of benzene rings is 1. The van der Waals surface area contributed by atoms with Gasteiger partial charge in [0.05, 0.1) is 18.6 Å². The van der Waals surface area contributed by atoms with Gasteiger partial charge in [0.25, 0.3) is 0 Å². The van der Waals surface area contributed by atoms with E-state index in [0.29, 0.717) is 0 Å². The molecule has 1 amide bonds. The molecule has 0 aromatic heterocycles. The molecule has 5 nitrogen and oxygen atoms in total. The zero-order chi connectivity index (χ0) is 17.5. The van der Waals surface area contributed by atoms with Gasteiger partial charge in [0, 0.05) is 12.2 Å². The molecule has 2 aliphatic rings. The van der Waals surface area contributed by atoms with Gasteiger partial charge in [-0.15, -0.1) is 0 Å². The van der Waals surface area contributed by atoms with E-state index in [1.807, 2.05) is 24.3 Å². The number of rotatable bonds is 8.